The molecule has 260 valence electrons. The largest absolute Gasteiger partial charge is 0.478 e. The maximum absolute atomic E-state index is 12.7. The average molecular weight is 726 g/mol. The smallest absolute Gasteiger partial charge is 0.336 e. The molecule has 0 atom stereocenters. The van der Waals surface area contributed by atoms with Gasteiger partial charge in [0.25, 0.3) is 0 Å². The van der Waals surface area contributed by atoms with E-state index in [0.717, 1.165) is 11.4 Å². The van der Waals surface area contributed by atoms with E-state index in [-0.39, 0.29) is 32.7 Å². The number of rotatable bonds is 11. The van der Waals surface area contributed by atoms with Crippen molar-refractivity contribution in [2.45, 2.75) is 33.9 Å². The van der Waals surface area contributed by atoms with Gasteiger partial charge < -0.3 is 19.6 Å². The molecular formula is C39H34Cl2N4O6. The third-order valence-electron chi connectivity index (χ3n) is 8.14. The number of esters is 1. The molecule has 6 rings (SSSR count). The van der Waals surface area contributed by atoms with Crippen molar-refractivity contribution in [1.82, 2.24) is 14.9 Å². The number of carbonyl (C=O) groups excluding carboxylic acids is 1. The number of hydrogen-bond donors (Lipinski definition) is 2. The van der Waals surface area contributed by atoms with Crippen molar-refractivity contribution in [3.63, 3.8) is 0 Å². The number of benzene rings is 3. The molecule has 0 saturated heterocycles. The van der Waals surface area contributed by atoms with Crippen LogP contribution in [0.25, 0.3) is 33.4 Å². The lowest BCUT2D eigenvalue weighted by atomic mass is 9.90. The van der Waals surface area contributed by atoms with Crippen molar-refractivity contribution in [2.75, 3.05) is 18.4 Å². The number of hydrogen-bond acceptors (Lipinski definition) is 9. The number of pyridine rings is 2. The highest BCUT2D eigenvalue weighted by Gasteiger charge is 2.27. The lowest BCUT2D eigenvalue weighted by Gasteiger charge is -2.23. The molecular weight excluding hydrogens is 691 g/mol. The molecule has 0 unspecified atom stereocenters. The summed E-state index contributed by atoms with van der Waals surface area (Å²) in [6.45, 7) is 7.48. The van der Waals surface area contributed by atoms with Crippen LogP contribution in [0.2, 0.25) is 10.0 Å². The van der Waals surface area contributed by atoms with Gasteiger partial charge in [-0.3, -0.25) is 24.5 Å². The van der Waals surface area contributed by atoms with E-state index < -0.39 is 22.8 Å². The summed E-state index contributed by atoms with van der Waals surface area (Å²) in [5.41, 5.74) is 2.60. The van der Waals surface area contributed by atoms with Crippen molar-refractivity contribution in [2.24, 2.45) is 5.41 Å². The number of carboxylic acid groups (broad SMARTS) is 1. The summed E-state index contributed by atoms with van der Waals surface area (Å²) in [7, 11) is 0. The highest BCUT2D eigenvalue weighted by atomic mass is 35.5. The Morgan fingerprint density at radius 1 is 0.882 bits per heavy atom. The number of aromatic nitrogens is 2. The summed E-state index contributed by atoms with van der Waals surface area (Å²) in [5, 5.41) is 14.2. The molecule has 0 fully saturated rings. The van der Waals surface area contributed by atoms with Crippen molar-refractivity contribution in [3.8, 4) is 28.2 Å². The number of ether oxygens (including phenoxy) is 1. The van der Waals surface area contributed by atoms with E-state index in [1.54, 1.807) is 51.4 Å². The van der Waals surface area contributed by atoms with Crippen molar-refractivity contribution < 1.29 is 23.8 Å². The standard InChI is InChI=1S/C39H34Cl2N4O6/c1-39(2,3)38(49)51-35-20-34-29(18-31(35)41)36(28-17-30(40)32(46)19-33(28)50-34)27-16-23(10-11-26(27)37(47)48)44-14-15-45(21-24-8-4-6-12-42-24)22-25-9-5-7-13-43-25/h4-13,16-20,44H,14-15,21-22H2,1-3H3,(H,47,48). The second kappa shape index (κ2) is 14.9. The summed E-state index contributed by atoms with van der Waals surface area (Å²) in [6, 6.07) is 22.3. The number of fused-ring (bicyclic) bond motifs is 2. The third-order valence-corrected chi connectivity index (χ3v) is 8.73. The van der Waals surface area contributed by atoms with Gasteiger partial charge in [-0.1, -0.05) is 35.3 Å². The fraction of sp³-hybridized carbons (Fsp3) is 0.205. The highest BCUT2D eigenvalue weighted by Crippen LogP contribution is 2.45. The van der Waals surface area contributed by atoms with Crippen LogP contribution in [0.5, 0.6) is 5.75 Å². The molecule has 2 aromatic heterocycles. The molecule has 12 heteroatoms. The van der Waals surface area contributed by atoms with Gasteiger partial charge in [-0.15, -0.1) is 0 Å². The van der Waals surface area contributed by atoms with Gasteiger partial charge in [-0.2, -0.15) is 0 Å². The van der Waals surface area contributed by atoms with Gasteiger partial charge in [0.05, 0.1) is 32.4 Å². The van der Waals surface area contributed by atoms with Crippen LogP contribution in [0.3, 0.4) is 0 Å². The predicted molar refractivity (Wildman–Crippen MR) is 198 cm³/mol. The minimum absolute atomic E-state index is 0.00274. The highest BCUT2D eigenvalue weighted by molar-refractivity contribution is 6.33. The van der Waals surface area contributed by atoms with Crippen LogP contribution in [0.4, 0.5) is 5.69 Å². The molecule has 0 amide bonds. The maximum atomic E-state index is 12.7. The Labute approximate surface area is 304 Å². The quantitative estimate of drug-likeness (QED) is 0.0762. The predicted octanol–water partition coefficient (Wildman–Crippen LogP) is 8.43. The van der Waals surface area contributed by atoms with E-state index in [4.69, 9.17) is 32.4 Å². The van der Waals surface area contributed by atoms with E-state index in [2.05, 4.69) is 20.2 Å². The van der Waals surface area contributed by atoms with Gasteiger partial charge in [-0.05, 0) is 80.9 Å². The normalized spacial score (nSPS) is 11.6. The molecule has 0 bridgehead atoms. The summed E-state index contributed by atoms with van der Waals surface area (Å²) >= 11 is 13.0. The summed E-state index contributed by atoms with van der Waals surface area (Å²) in [6.07, 6.45) is 3.53. The Bertz CT molecular complexity index is 2210. The first kappa shape index (κ1) is 35.5. The van der Waals surface area contributed by atoms with Gasteiger partial charge in [0.1, 0.15) is 11.3 Å². The van der Waals surface area contributed by atoms with Crippen LogP contribution < -0.4 is 15.5 Å². The summed E-state index contributed by atoms with van der Waals surface area (Å²) < 4.78 is 11.7. The van der Waals surface area contributed by atoms with Crippen LogP contribution in [-0.2, 0) is 17.9 Å². The van der Waals surface area contributed by atoms with Gasteiger partial charge >= 0.3 is 11.9 Å². The van der Waals surface area contributed by atoms with Gasteiger partial charge in [0.2, 0.25) is 5.43 Å². The number of nitrogens with one attached hydrogen (secondary N) is 1. The minimum atomic E-state index is -1.16. The zero-order valence-corrected chi connectivity index (χ0v) is 29.6. The molecule has 0 saturated carbocycles. The number of nitrogens with zero attached hydrogens (tertiary/aromatic N) is 3. The number of carboxylic acids is 1. The molecule has 1 aliphatic carbocycles. The Balaban J connectivity index is 1.39. The van der Waals surface area contributed by atoms with E-state index in [1.165, 1.54) is 24.3 Å². The van der Waals surface area contributed by atoms with Crippen molar-refractivity contribution in [1.29, 1.82) is 0 Å². The van der Waals surface area contributed by atoms with Crippen LogP contribution in [-0.4, -0.2) is 45.0 Å². The van der Waals surface area contributed by atoms with E-state index in [0.29, 0.717) is 53.9 Å². The molecule has 0 radical (unpaired) electrons. The Kier molecular flexibility index (Phi) is 10.4. The molecule has 51 heavy (non-hydrogen) atoms. The SMILES string of the molecule is CC(C)(C)C(=O)Oc1cc2oc3cc(=O)c(Cl)cc-3c(-c3cc(NCCN(Cc4ccccn4)Cc4ccccn4)ccc3C(=O)O)c2cc1Cl. The monoisotopic (exact) mass is 724 g/mol. The topological polar surface area (TPSA) is 135 Å². The molecule has 2 aromatic carbocycles. The number of halogens is 2. The van der Waals surface area contributed by atoms with Crippen LogP contribution in [0, 0.1) is 5.41 Å². The Morgan fingerprint density at radius 3 is 2.18 bits per heavy atom. The first-order chi connectivity index (χ1) is 24.4. The lowest BCUT2D eigenvalue weighted by molar-refractivity contribution is -0.142. The molecule has 10 nitrogen and oxygen atoms in total. The van der Waals surface area contributed by atoms with Crippen LogP contribution in [0.15, 0.2) is 100 Å². The summed E-state index contributed by atoms with van der Waals surface area (Å²) in [5.74, 6) is -1.45. The number of carbonyl (C=O) groups is 2. The second-order valence-electron chi connectivity index (χ2n) is 13.0. The van der Waals surface area contributed by atoms with E-state index >= 15 is 0 Å². The van der Waals surface area contributed by atoms with E-state index in [9.17, 15) is 19.5 Å². The van der Waals surface area contributed by atoms with E-state index in [1.807, 2.05) is 36.4 Å². The van der Waals surface area contributed by atoms with Gasteiger partial charge in [-0.25, -0.2) is 4.79 Å². The third kappa shape index (κ3) is 8.20. The molecule has 2 N–H and O–H groups in total. The second-order valence-corrected chi connectivity index (χ2v) is 13.8. The summed E-state index contributed by atoms with van der Waals surface area (Å²) in [4.78, 5) is 49.2. The van der Waals surface area contributed by atoms with Crippen molar-refractivity contribution >= 4 is 51.8 Å². The van der Waals surface area contributed by atoms with Crippen LogP contribution in [0.1, 0.15) is 42.5 Å². The maximum Gasteiger partial charge on any atom is 0.336 e. The van der Waals surface area contributed by atoms with Gasteiger partial charge in [0.15, 0.2) is 5.75 Å². The zero-order valence-electron chi connectivity index (χ0n) is 28.1. The Morgan fingerprint density at radius 2 is 1.57 bits per heavy atom. The molecule has 1 aliphatic heterocycles. The fourth-order valence-corrected chi connectivity index (χ4v) is 5.94. The molecule has 4 aromatic rings. The average Bonchev–Trinajstić information content (AvgIpc) is 3.09. The first-order valence-corrected chi connectivity index (χ1v) is 16.9. The number of aromatic carboxylic acids is 1. The zero-order chi connectivity index (χ0) is 36.3. The first-order valence-electron chi connectivity index (χ1n) is 16.1. The molecule has 2 aliphatic rings. The fourth-order valence-electron chi connectivity index (χ4n) is 5.58. The molecule has 0 spiro atoms. The van der Waals surface area contributed by atoms with Crippen molar-refractivity contribution in [3.05, 3.63) is 128 Å². The minimum Gasteiger partial charge on any atom is -0.478 e. The number of anilines is 1. The Hall–Kier alpha value is -5.29. The van der Waals surface area contributed by atoms with Gasteiger partial charge in [0, 0.05) is 72.9 Å². The van der Waals surface area contributed by atoms with Crippen LogP contribution >= 0.6 is 23.2 Å². The lowest BCUT2D eigenvalue weighted by Crippen LogP contribution is -2.29. The molecule has 3 heterocycles.